The Morgan fingerprint density at radius 1 is 1.60 bits per heavy atom. The van der Waals surface area contributed by atoms with Crippen LogP contribution in [-0.2, 0) is 4.79 Å². The molecule has 0 saturated heterocycles. The first-order valence-corrected chi connectivity index (χ1v) is 6.91. The van der Waals surface area contributed by atoms with Crippen LogP contribution in [0.5, 0.6) is 0 Å². The van der Waals surface area contributed by atoms with E-state index in [0.717, 1.165) is 6.42 Å². The van der Waals surface area contributed by atoms with Gasteiger partial charge in [0, 0.05) is 10.3 Å². The summed E-state index contributed by atoms with van der Waals surface area (Å²) in [7, 11) is 0. The highest BCUT2D eigenvalue weighted by Gasteiger charge is 2.37. The zero-order valence-corrected chi connectivity index (χ0v) is 12.1. The fraction of sp³-hybridized carbons (Fsp3) is 0.769. The monoisotopic (exact) mass is 320 g/mol. The molecule has 15 heavy (non-hydrogen) atoms. The Morgan fingerprint density at radius 3 is 2.73 bits per heavy atom. The Morgan fingerprint density at radius 2 is 2.20 bits per heavy atom. The van der Waals surface area contributed by atoms with E-state index < -0.39 is 0 Å². The van der Waals surface area contributed by atoms with Crippen LogP contribution in [0.2, 0.25) is 0 Å². The molecule has 2 unspecified atom stereocenters. The molecule has 0 radical (unpaired) electrons. The third-order valence-electron chi connectivity index (χ3n) is 3.62. The Kier molecular flexibility index (Phi) is 4.38. The molecule has 0 N–H and O–H groups in total. The Bertz CT molecular complexity index is 268. The van der Waals surface area contributed by atoms with Crippen LogP contribution in [0.1, 0.15) is 46.5 Å². The van der Waals surface area contributed by atoms with Crippen LogP contribution in [-0.4, -0.2) is 9.71 Å². The van der Waals surface area contributed by atoms with E-state index >= 15 is 0 Å². The molecule has 0 bridgehead atoms. The van der Waals surface area contributed by atoms with Gasteiger partial charge in [0.2, 0.25) is 0 Å². The van der Waals surface area contributed by atoms with Crippen molar-refractivity contribution < 1.29 is 4.79 Å². The summed E-state index contributed by atoms with van der Waals surface area (Å²) in [5, 5.41) is 0. The number of alkyl halides is 1. The van der Waals surface area contributed by atoms with Crippen molar-refractivity contribution in [3.05, 3.63) is 12.2 Å². The second-order valence-electron chi connectivity index (χ2n) is 5.36. The minimum atomic E-state index is 0.300. The molecular formula is C13H21IO. The van der Waals surface area contributed by atoms with Gasteiger partial charge in [-0.1, -0.05) is 48.6 Å². The van der Waals surface area contributed by atoms with Crippen LogP contribution in [0, 0.1) is 11.3 Å². The van der Waals surface area contributed by atoms with Gasteiger partial charge in [0.25, 0.3) is 0 Å². The van der Waals surface area contributed by atoms with Gasteiger partial charge >= 0.3 is 0 Å². The van der Waals surface area contributed by atoms with E-state index in [-0.39, 0.29) is 0 Å². The smallest absolute Gasteiger partial charge is 0.129 e. The zero-order chi connectivity index (χ0) is 11.6. The van der Waals surface area contributed by atoms with Gasteiger partial charge in [-0.2, -0.15) is 0 Å². The number of Topliss-reactive ketones (excluding diaryl/α,β-unsaturated/α-hetero) is 1. The summed E-state index contributed by atoms with van der Waals surface area (Å²) >= 11 is 2.49. The summed E-state index contributed by atoms with van der Waals surface area (Å²) in [6.45, 7) is 10.5. The van der Waals surface area contributed by atoms with Crippen molar-refractivity contribution in [2.45, 2.75) is 50.4 Å². The van der Waals surface area contributed by atoms with Crippen molar-refractivity contribution in [3.63, 3.8) is 0 Å². The summed E-state index contributed by atoms with van der Waals surface area (Å²) in [5.74, 6) is 0.825. The second kappa shape index (κ2) is 4.98. The lowest BCUT2D eigenvalue weighted by Gasteiger charge is -2.42. The Balaban J connectivity index is 2.70. The third-order valence-corrected chi connectivity index (χ3v) is 5.04. The maximum atomic E-state index is 11.1. The van der Waals surface area contributed by atoms with E-state index in [2.05, 4.69) is 43.0 Å². The number of carbonyl (C=O) groups excluding carboxylic acids is 1. The summed E-state index contributed by atoms with van der Waals surface area (Å²) in [5.41, 5.74) is 1.68. The largest absolute Gasteiger partial charge is 0.300 e. The van der Waals surface area contributed by atoms with Gasteiger partial charge in [-0.05, 0) is 37.5 Å². The fourth-order valence-corrected chi connectivity index (χ4v) is 3.25. The molecule has 0 aromatic rings. The molecule has 0 aromatic carbocycles. The number of hydrogen-bond donors (Lipinski definition) is 0. The lowest BCUT2D eigenvalue weighted by atomic mass is 9.65. The molecule has 1 nitrogen and oxygen atoms in total. The molecular weight excluding hydrogens is 299 g/mol. The van der Waals surface area contributed by atoms with Gasteiger partial charge in [0.05, 0.1) is 0 Å². The van der Waals surface area contributed by atoms with Gasteiger partial charge in [-0.25, -0.2) is 0 Å². The first-order chi connectivity index (χ1) is 6.84. The van der Waals surface area contributed by atoms with Crippen LogP contribution in [0.3, 0.4) is 0 Å². The van der Waals surface area contributed by atoms with Crippen molar-refractivity contribution in [1.82, 2.24) is 0 Å². The van der Waals surface area contributed by atoms with Crippen molar-refractivity contribution >= 4 is 28.4 Å². The number of carbonyl (C=O) groups is 1. The summed E-state index contributed by atoms with van der Waals surface area (Å²) in [6, 6.07) is 0. The first kappa shape index (κ1) is 13.2. The lowest BCUT2D eigenvalue weighted by molar-refractivity contribution is -0.117. The topological polar surface area (TPSA) is 17.1 Å². The molecule has 1 fully saturated rings. The number of halogens is 1. The van der Waals surface area contributed by atoms with E-state index in [1.165, 1.54) is 18.4 Å². The molecule has 0 heterocycles. The van der Waals surface area contributed by atoms with Crippen molar-refractivity contribution in [3.8, 4) is 0 Å². The highest BCUT2D eigenvalue weighted by Crippen LogP contribution is 2.47. The number of hydrogen-bond acceptors (Lipinski definition) is 1. The molecule has 1 saturated carbocycles. The SMILES string of the molecule is C=C1C(I)CCC(C)(C)C1CCC(C)=O. The summed E-state index contributed by atoms with van der Waals surface area (Å²) in [4.78, 5) is 11.1. The lowest BCUT2D eigenvalue weighted by Crippen LogP contribution is -2.34. The number of rotatable bonds is 3. The van der Waals surface area contributed by atoms with E-state index in [1.807, 2.05) is 0 Å². The standard InChI is InChI=1S/C13H21IO/c1-9(15)5-6-11-10(2)12(14)7-8-13(11,3)4/h11-12H,2,5-8H2,1,3-4H3. The fourth-order valence-electron chi connectivity index (χ4n) is 2.50. The maximum Gasteiger partial charge on any atom is 0.129 e. The highest BCUT2D eigenvalue weighted by molar-refractivity contribution is 14.1. The Hall–Kier alpha value is 0.140. The first-order valence-electron chi connectivity index (χ1n) is 5.67. The zero-order valence-electron chi connectivity index (χ0n) is 9.98. The average molecular weight is 320 g/mol. The van der Waals surface area contributed by atoms with Crippen LogP contribution >= 0.6 is 22.6 Å². The molecule has 1 rings (SSSR count). The normalized spacial score (nSPS) is 30.3. The predicted octanol–water partition coefficient (Wildman–Crippen LogP) is 4.15. The molecule has 1 aliphatic rings. The molecule has 0 spiro atoms. The van der Waals surface area contributed by atoms with Gasteiger partial charge in [-0.15, -0.1) is 0 Å². The van der Waals surface area contributed by atoms with Crippen LogP contribution in [0.15, 0.2) is 12.2 Å². The van der Waals surface area contributed by atoms with E-state index in [0.29, 0.717) is 27.5 Å². The molecule has 0 aliphatic heterocycles. The number of allylic oxidation sites excluding steroid dienone is 1. The number of ketones is 1. The second-order valence-corrected chi connectivity index (χ2v) is 6.87. The molecule has 86 valence electrons. The van der Waals surface area contributed by atoms with E-state index in [1.54, 1.807) is 6.92 Å². The quantitative estimate of drug-likeness (QED) is 0.434. The minimum absolute atomic E-state index is 0.300. The van der Waals surface area contributed by atoms with Crippen LogP contribution < -0.4 is 0 Å². The minimum Gasteiger partial charge on any atom is -0.300 e. The van der Waals surface area contributed by atoms with Crippen LogP contribution in [0.25, 0.3) is 0 Å². The molecule has 2 atom stereocenters. The molecule has 0 aromatic heterocycles. The molecule has 2 heteroatoms. The Labute approximate surface area is 107 Å². The van der Waals surface area contributed by atoms with Gasteiger partial charge in [0.1, 0.15) is 5.78 Å². The third kappa shape index (κ3) is 3.30. The van der Waals surface area contributed by atoms with Gasteiger partial charge < -0.3 is 4.79 Å². The van der Waals surface area contributed by atoms with Crippen molar-refractivity contribution in [1.29, 1.82) is 0 Å². The average Bonchev–Trinajstić information content (AvgIpc) is 2.11. The van der Waals surface area contributed by atoms with E-state index in [4.69, 9.17) is 0 Å². The molecule has 1 aliphatic carbocycles. The summed E-state index contributed by atoms with van der Waals surface area (Å²) < 4.78 is 0.604. The van der Waals surface area contributed by atoms with Crippen molar-refractivity contribution in [2.75, 3.05) is 0 Å². The predicted molar refractivity (Wildman–Crippen MR) is 73.4 cm³/mol. The van der Waals surface area contributed by atoms with E-state index in [9.17, 15) is 4.79 Å². The van der Waals surface area contributed by atoms with Gasteiger partial charge in [-0.3, -0.25) is 0 Å². The maximum absolute atomic E-state index is 11.1. The van der Waals surface area contributed by atoms with Crippen molar-refractivity contribution in [2.24, 2.45) is 11.3 Å². The van der Waals surface area contributed by atoms with Gasteiger partial charge in [0.15, 0.2) is 0 Å². The summed E-state index contributed by atoms with van der Waals surface area (Å²) in [6.07, 6.45) is 4.18. The van der Waals surface area contributed by atoms with Crippen LogP contribution in [0.4, 0.5) is 0 Å². The highest BCUT2D eigenvalue weighted by atomic mass is 127. The molecule has 0 amide bonds.